The molecule has 0 spiro atoms. The molecule has 39 heavy (non-hydrogen) atoms. The van der Waals surface area contributed by atoms with Crippen LogP contribution in [0.5, 0.6) is 0 Å². The Morgan fingerprint density at radius 3 is 2.10 bits per heavy atom. The SMILES string of the molecule is O=C(NC(CSCc1ccccc1)C(=O)NN=Cc1cccc([N+](=O)[O-])c1)c1cc([N+](=O)[O-])cc([N+](=O)[O-])c1. The van der Waals surface area contributed by atoms with Crippen molar-refractivity contribution in [3.05, 3.63) is 120 Å². The van der Waals surface area contributed by atoms with Crippen molar-refractivity contribution in [2.45, 2.75) is 11.8 Å². The number of nitrogens with zero attached hydrogens (tertiary/aromatic N) is 4. The summed E-state index contributed by atoms with van der Waals surface area (Å²) in [5.41, 5.74) is 1.71. The van der Waals surface area contributed by atoms with E-state index in [4.69, 9.17) is 0 Å². The van der Waals surface area contributed by atoms with Crippen molar-refractivity contribution >= 4 is 46.9 Å². The van der Waals surface area contributed by atoms with Crippen molar-refractivity contribution in [2.24, 2.45) is 5.10 Å². The smallest absolute Gasteiger partial charge is 0.277 e. The fourth-order valence-corrected chi connectivity index (χ4v) is 4.21. The van der Waals surface area contributed by atoms with Crippen LogP contribution in [0.1, 0.15) is 21.5 Å². The minimum atomic E-state index is -1.19. The van der Waals surface area contributed by atoms with E-state index in [2.05, 4.69) is 15.8 Å². The van der Waals surface area contributed by atoms with Crippen LogP contribution in [0.3, 0.4) is 0 Å². The van der Waals surface area contributed by atoms with Gasteiger partial charge in [-0.15, -0.1) is 0 Å². The van der Waals surface area contributed by atoms with Crippen molar-refractivity contribution in [1.82, 2.24) is 10.7 Å². The largest absolute Gasteiger partial charge is 0.339 e. The molecule has 3 aromatic carbocycles. The summed E-state index contributed by atoms with van der Waals surface area (Å²) in [4.78, 5) is 56.8. The van der Waals surface area contributed by atoms with Crippen LogP contribution in [-0.2, 0) is 10.5 Å². The molecule has 2 N–H and O–H groups in total. The topological polar surface area (TPSA) is 200 Å². The lowest BCUT2D eigenvalue weighted by Crippen LogP contribution is -2.47. The van der Waals surface area contributed by atoms with Crippen molar-refractivity contribution in [3.63, 3.8) is 0 Å². The van der Waals surface area contributed by atoms with Crippen LogP contribution in [0.25, 0.3) is 0 Å². The van der Waals surface area contributed by atoms with E-state index in [1.165, 1.54) is 42.2 Å². The number of nitro groups is 3. The first kappa shape index (κ1) is 28.4. The highest BCUT2D eigenvalue weighted by Gasteiger charge is 2.25. The number of carbonyl (C=O) groups excluding carboxylic acids is 2. The van der Waals surface area contributed by atoms with Gasteiger partial charge < -0.3 is 5.32 Å². The number of benzene rings is 3. The molecule has 0 saturated heterocycles. The van der Waals surface area contributed by atoms with Gasteiger partial charge in [-0.3, -0.25) is 39.9 Å². The fourth-order valence-electron chi connectivity index (χ4n) is 3.20. The Bertz CT molecular complexity index is 1400. The van der Waals surface area contributed by atoms with Gasteiger partial charge >= 0.3 is 0 Å². The number of hydrazone groups is 1. The fraction of sp³-hybridized carbons (Fsp3) is 0.125. The van der Waals surface area contributed by atoms with Crippen molar-refractivity contribution < 1.29 is 24.4 Å². The van der Waals surface area contributed by atoms with Gasteiger partial charge in [-0.25, -0.2) is 5.43 Å². The molecule has 3 rings (SSSR count). The first-order valence-electron chi connectivity index (χ1n) is 11.1. The average molecular weight is 553 g/mol. The van der Waals surface area contributed by atoms with E-state index in [1.807, 2.05) is 30.3 Å². The molecule has 0 radical (unpaired) electrons. The minimum Gasteiger partial charge on any atom is -0.339 e. The van der Waals surface area contributed by atoms with Crippen LogP contribution in [-0.4, -0.2) is 44.6 Å². The molecule has 0 aliphatic heterocycles. The lowest BCUT2D eigenvalue weighted by Gasteiger charge is -2.17. The maximum absolute atomic E-state index is 12.9. The summed E-state index contributed by atoms with van der Waals surface area (Å²) in [6.07, 6.45) is 1.19. The molecule has 0 aliphatic carbocycles. The van der Waals surface area contributed by atoms with Gasteiger partial charge in [-0.05, 0) is 5.56 Å². The van der Waals surface area contributed by atoms with E-state index in [1.54, 1.807) is 0 Å². The monoisotopic (exact) mass is 552 g/mol. The molecular formula is C24H20N6O8S. The van der Waals surface area contributed by atoms with E-state index in [-0.39, 0.29) is 17.0 Å². The van der Waals surface area contributed by atoms with E-state index in [0.717, 1.165) is 23.8 Å². The van der Waals surface area contributed by atoms with Gasteiger partial charge in [0, 0.05) is 41.3 Å². The molecule has 14 nitrogen and oxygen atoms in total. The molecule has 0 saturated carbocycles. The summed E-state index contributed by atoms with van der Waals surface area (Å²) in [6, 6.07) is 16.1. The van der Waals surface area contributed by atoms with Gasteiger partial charge in [0.15, 0.2) is 0 Å². The molecule has 0 bridgehead atoms. The van der Waals surface area contributed by atoms with Gasteiger partial charge in [0.05, 0.1) is 32.6 Å². The van der Waals surface area contributed by atoms with Crippen LogP contribution in [0, 0.1) is 30.3 Å². The second-order valence-corrected chi connectivity index (χ2v) is 8.90. The third-order valence-electron chi connectivity index (χ3n) is 5.07. The molecule has 1 atom stereocenters. The maximum Gasteiger partial charge on any atom is 0.277 e. The average Bonchev–Trinajstić information content (AvgIpc) is 2.92. The summed E-state index contributed by atoms with van der Waals surface area (Å²) >= 11 is 1.31. The molecule has 15 heteroatoms. The zero-order valence-corrected chi connectivity index (χ0v) is 20.8. The number of nitro benzene ring substituents is 3. The predicted octanol–water partition coefficient (Wildman–Crippen LogP) is 3.59. The number of carbonyl (C=O) groups is 2. The van der Waals surface area contributed by atoms with Gasteiger partial charge in [0.2, 0.25) is 0 Å². The predicted molar refractivity (Wildman–Crippen MR) is 142 cm³/mol. The first-order chi connectivity index (χ1) is 18.6. The molecular weight excluding hydrogens is 532 g/mol. The molecule has 2 amide bonds. The van der Waals surface area contributed by atoms with Gasteiger partial charge in [-0.2, -0.15) is 16.9 Å². The summed E-state index contributed by atoms with van der Waals surface area (Å²) < 4.78 is 0. The number of nitrogens with one attached hydrogen (secondary N) is 2. The van der Waals surface area contributed by atoms with Crippen LogP contribution < -0.4 is 10.7 Å². The van der Waals surface area contributed by atoms with Crippen LogP contribution in [0.15, 0.2) is 77.9 Å². The van der Waals surface area contributed by atoms with E-state index in [0.29, 0.717) is 11.3 Å². The minimum absolute atomic E-state index is 0.0653. The lowest BCUT2D eigenvalue weighted by atomic mass is 10.1. The van der Waals surface area contributed by atoms with Crippen LogP contribution in [0.2, 0.25) is 0 Å². The molecule has 0 fully saturated rings. The summed E-state index contributed by atoms with van der Waals surface area (Å²) in [5, 5.41) is 39.5. The Labute approximate surface area is 224 Å². The highest BCUT2D eigenvalue weighted by atomic mass is 32.2. The zero-order chi connectivity index (χ0) is 28.4. The molecule has 0 heterocycles. The number of thioether (sulfide) groups is 1. The second-order valence-electron chi connectivity index (χ2n) is 7.87. The molecule has 1 unspecified atom stereocenters. The molecule has 3 aromatic rings. The van der Waals surface area contributed by atoms with Gasteiger partial charge in [0.1, 0.15) is 6.04 Å². The maximum atomic E-state index is 12.9. The third kappa shape index (κ3) is 8.43. The standard InChI is InChI=1S/C24H20N6O8S/c31-23(18-10-20(29(35)36)12-21(11-18)30(37)38)26-22(15-39-14-16-5-2-1-3-6-16)24(32)27-25-13-17-7-4-8-19(9-17)28(33)34/h1-13,22H,14-15H2,(H,26,31)(H,27,32). The Hall–Kier alpha value is -5.18. The molecule has 0 aromatic heterocycles. The lowest BCUT2D eigenvalue weighted by molar-refractivity contribution is -0.394. The van der Waals surface area contributed by atoms with Crippen LogP contribution >= 0.6 is 11.8 Å². The quantitative estimate of drug-likeness (QED) is 0.191. The van der Waals surface area contributed by atoms with Crippen LogP contribution in [0.4, 0.5) is 17.1 Å². The zero-order valence-electron chi connectivity index (χ0n) is 20.0. The number of non-ortho nitro benzene ring substituents is 3. The van der Waals surface area contributed by atoms with E-state index >= 15 is 0 Å². The highest BCUT2D eigenvalue weighted by molar-refractivity contribution is 7.98. The third-order valence-corrected chi connectivity index (χ3v) is 6.18. The molecule has 0 aliphatic rings. The number of hydrogen-bond acceptors (Lipinski definition) is 10. The van der Waals surface area contributed by atoms with Crippen molar-refractivity contribution in [3.8, 4) is 0 Å². The highest BCUT2D eigenvalue weighted by Crippen LogP contribution is 2.23. The van der Waals surface area contributed by atoms with E-state index in [9.17, 15) is 39.9 Å². The second kappa shape index (κ2) is 13.4. The number of amides is 2. The Morgan fingerprint density at radius 2 is 1.49 bits per heavy atom. The summed E-state index contributed by atoms with van der Waals surface area (Å²) in [5.74, 6) is -1.12. The normalized spacial score (nSPS) is 11.5. The Balaban J connectivity index is 1.77. The van der Waals surface area contributed by atoms with E-state index < -0.39 is 44.0 Å². The van der Waals surface area contributed by atoms with Gasteiger partial charge in [-0.1, -0.05) is 42.5 Å². The Morgan fingerprint density at radius 1 is 0.846 bits per heavy atom. The van der Waals surface area contributed by atoms with Crippen molar-refractivity contribution in [1.29, 1.82) is 0 Å². The number of hydrogen-bond donors (Lipinski definition) is 2. The molecule has 200 valence electrons. The number of rotatable bonds is 12. The Kier molecular flexibility index (Phi) is 9.75. The summed E-state index contributed by atoms with van der Waals surface area (Å²) in [7, 11) is 0. The first-order valence-corrected chi connectivity index (χ1v) is 12.2. The van der Waals surface area contributed by atoms with Gasteiger partial charge in [0.25, 0.3) is 28.9 Å². The van der Waals surface area contributed by atoms with Crippen molar-refractivity contribution in [2.75, 3.05) is 5.75 Å². The summed E-state index contributed by atoms with van der Waals surface area (Å²) in [6.45, 7) is 0.